The van der Waals surface area contributed by atoms with Gasteiger partial charge in [0.05, 0.1) is 13.2 Å². The van der Waals surface area contributed by atoms with Crippen LogP contribution in [0.2, 0.25) is 0 Å². The van der Waals surface area contributed by atoms with Gasteiger partial charge in [-0.15, -0.1) is 0 Å². The molecule has 0 fully saturated rings. The number of hydrogen-bond donors (Lipinski definition) is 2. The van der Waals surface area contributed by atoms with Crippen molar-refractivity contribution in [3.63, 3.8) is 0 Å². The zero-order chi connectivity index (χ0) is 14.2. The molecule has 102 valence electrons. The number of hydrogen-bond acceptors (Lipinski definition) is 4. The average molecular weight is 270 g/mol. The van der Waals surface area contributed by atoms with E-state index in [-0.39, 0.29) is 12.5 Å². The third kappa shape index (κ3) is 3.97. The second-order valence-electron chi connectivity index (χ2n) is 4.03. The molecule has 1 aromatic heterocycles. The van der Waals surface area contributed by atoms with Crippen LogP contribution in [-0.4, -0.2) is 22.8 Å². The number of nitrogens with one attached hydrogen (secondary N) is 1. The molecular formula is C15H14N2O3. The van der Waals surface area contributed by atoms with Gasteiger partial charge in [-0.3, -0.25) is 4.79 Å². The fourth-order valence-corrected chi connectivity index (χ4v) is 1.56. The average Bonchev–Trinajstić information content (AvgIpc) is 2.99. The highest BCUT2D eigenvalue weighted by Crippen LogP contribution is 2.05. The van der Waals surface area contributed by atoms with Crippen molar-refractivity contribution in [2.75, 3.05) is 6.61 Å². The highest BCUT2D eigenvalue weighted by molar-refractivity contribution is 5.94. The molecule has 1 amide bonds. The van der Waals surface area contributed by atoms with Gasteiger partial charge in [0, 0.05) is 23.6 Å². The molecular weight excluding hydrogens is 256 g/mol. The van der Waals surface area contributed by atoms with Gasteiger partial charge in [0.2, 0.25) is 0 Å². The first kappa shape index (κ1) is 13.8. The van der Waals surface area contributed by atoms with E-state index in [1.807, 2.05) is 6.07 Å². The fraction of sp³-hybridized carbons (Fsp3) is 0.200. The number of aliphatic hydroxyl groups excluding tert-OH is 1. The number of carbonyl (C=O) groups is 1. The van der Waals surface area contributed by atoms with E-state index in [9.17, 15) is 4.79 Å². The monoisotopic (exact) mass is 270 g/mol. The third-order valence-corrected chi connectivity index (χ3v) is 2.52. The molecule has 1 heterocycles. The van der Waals surface area contributed by atoms with Crippen LogP contribution < -0.4 is 5.32 Å². The summed E-state index contributed by atoms with van der Waals surface area (Å²) in [5, 5.41) is 15.1. The molecule has 5 nitrogen and oxygen atoms in total. The topological polar surface area (TPSA) is 75.4 Å². The summed E-state index contributed by atoms with van der Waals surface area (Å²) in [7, 11) is 0. The number of nitrogens with zero attached hydrogens (tertiary/aromatic N) is 1. The normalized spacial score (nSPS) is 9.65. The van der Waals surface area contributed by atoms with Crippen LogP contribution in [0.3, 0.4) is 0 Å². The molecule has 1 aromatic carbocycles. The molecule has 2 rings (SSSR count). The molecule has 20 heavy (non-hydrogen) atoms. The van der Waals surface area contributed by atoms with Crippen molar-refractivity contribution >= 4 is 5.91 Å². The maximum Gasteiger partial charge on any atom is 0.251 e. The van der Waals surface area contributed by atoms with Crippen molar-refractivity contribution in [3.05, 3.63) is 53.4 Å². The smallest absolute Gasteiger partial charge is 0.251 e. The molecule has 0 saturated heterocycles. The van der Waals surface area contributed by atoms with Gasteiger partial charge in [-0.05, 0) is 18.2 Å². The number of amides is 1. The number of carbonyl (C=O) groups excluding carboxylic acids is 1. The standard InChI is InChI=1S/C15H14N2O3/c18-8-2-1-4-12-5-3-6-13(10-12)15(19)16-11-14-7-9-20-17-14/h3,5-7,9-10,18H,2,8,11H2,(H,16,19). The molecule has 0 unspecified atom stereocenters. The Morgan fingerprint density at radius 2 is 2.30 bits per heavy atom. The van der Waals surface area contributed by atoms with Crippen LogP contribution in [0, 0.1) is 11.8 Å². The second-order valence-corrected chi connectivity index (χ2v) is 4.03. The maximum absolute atomic E-state index is 12.0. The minimum atomic E-state index is -0.196. The summed E-state index contributed by atoms with van der Waals surface area (Å²) in [4.78, 5) is 12.0. The van der Waals surface area contributed by atoms with Crippen LogP contribution >= 0.6 is 0 Å². The van der Waals surface area contributed by atoms with Crippen molar-refractivity contribution in [2.24, 2.45) is 0 Å². The molecule has 0 aliphatic heterocycles. The third-order valence-electron chi connectivity index (χ3n) is 2.52. The highest BCUT2D eigenvalue weighted by Gasteiger charge is 2.06. The number of aromatic nitrogens is 1. The van der Waals surface area contributed by atoms with E-state index < -0.39 is 0 Å². The van der Waals surface area contributed by atoms with E-state index in [0.717, 1.165) is 5.56 Å². The van der Waals surface area contributed by atoms with Gasteiger partial charge >= 0.3 is 0 Å². The molecule has 0 spiro atoms. The summed E-state index contributed by atoms with van der Waals surface area (Å²) in [6, 6.07) is 8.71. The van der Waals surface area contributed by atoms with Crippen LogP contribution in [0.1, 0.15) is 28.0 Å². The summed E-state index contributed by atoms with van der Waals surface area (Å²) in [5.74, 6) is 5.52. The Morgan fingerprint density at radius 1 is 1.40 bits per heavy atom. The Hall–Kier alpha value is -2.58. The molecule has 0 radical (unpaired) electrons. The van der Waals surface area contributed by atoms with Gasteiger partial charge in [-0.25, -0.2) is 0 Å². The van der Waals surface area contributed by atoms with Crippen LogP contribution in [-0.2, 0) is 6.54 Å². The first-order valence-electron chi connectivity index (χ1n) is 6.17. The molecule has 0 aliphatic carbocycles. The van der Waals surface area contributed by atoms with E-state index in [0.29, 0.717) is 24.2 Å². The van der Waals surface area contributed by atoms with Crippen molar-refractivity contribution in [1.29, 1.82) is 0 Å². The Bertz CT molecular complexity index is 624. The molecule has 2 aromatic rings. The van der Waals surface area contributed by atoms with E-state index in [1.165, 1.54) is 6.26 Å². The predicted molar refractivity (Wildman–Crippen MR) is 72.7 cm³/mol. The lowest BCUT2D eigenvalue weighted by atomic mass is 10.1. The van der Waals surface area contributed by atoms with Crippen molar-refractivity contribution in [1.82, 2.24) is 10.5 Å². The molecule has 0 atom stereocenters. The summed E-state index contributed by atoms with van der Waals surface area (Å²) in [6.45, 7) is 0.348. The lowest BCUT2D eigenvalue weighted by Crippen LogP contribution is -2.22. The first-order chi connectivity index (χ1) is 9.79. The van der Waals surface area contributed by atoms with Crippen LogP contribution in [0.5, 0.6) is 0 Å². The van der Waals surface area contributed by atoms with Crippen molar-refractivity contribution in [3.8, 4) is 11.8 Å². The van der Waals surface area contributed by atoms with E-state index >= 15 is 0 Å². The van der Waals surface area contributed by atoms with Crippen LogP contribution in [0.4, 0.5) is 0 Å². The lowest BCUT2D eigenvalue weighted by molar-refractivity contribution is 0.0950. The summed E-state index contributed by atoms with van der Waals surface area (Å²) < 4.78 is 4.69. The Balaban J connectivity index is 1.99. The molecule has 0 saturated carbocycles. The van der Waals surface area contributed by atoms with Gasteiger partial charge < -0.3 is 14.9 Å². The quantitative estimate of drug-likeness (QED) is 0.822. The van der Waals surface area contributed by atoms with E-state index in [4.69, 9.17) is 5.11 Å². The molecule has 5 heteroatoms. The summed E-state index contributed by atoms with van der Waals surface area (Å²) in [6.07, 6.45) is 1.88. The minimum Gasteiger partial charge on any atom is -0.395 e. The van der Waals surface area contributed by atoms with Gasteiger partial charge in [0.25, 0.3) is 5.91 Å². The van der Waals surface area contributed by atoms with Gasteiger partial charge in [0.1, 0.15) is 12.0 Å². The molecule has 0 bridgehead atoms. The highest BCUT2D eigenvalue weighted by atomic mass is 16.5. The van der Waals surface area contributed by atoms with Crippen molar-refractivity contribution in [2.45, 2.75) is 13.0 Å². The van der Waals surface area contributed by atoms with E-state index in [1.54, 1.807) is 24.3 Å². The Kier molecular flexibility index (Phi) is 4.93. The van der Waals surface area contributed by atoms with Crippen LogP contribution in [0.25, 0.3) is 0 Å². The zero-order valence-corrected chi connectivity index (χ0v) is 10.8. The number of aliphatic hydroxyl groups is 1. The SMILES string of the molecule is O=C(NCc1ccon1)c1cccc(C#CCCO)c1. The summed E-state index contributed by atoms with van der Waals surface area (Å²) in [5.41, 5.74) is 1.94. The van der Waals surface area contributed by atoms with Gasteiger partial charge in [0.15, 0.2) is 0 Å². The fourth-order valence-electron chi connectivity index (χ4n) is 1.56. The minimum absolute atomic E-state index is 0.0326. The molecule has 0 aliphatic rings. The number of rotatable bonds is 4. The zero-order valence-electron chi connectivity index (χ0n) is 10.8. The van der Waals surface area contributed by atoms with Gasteiger partial charge in [-0.1, -0.05) is 23.1 Å². The lowest BCUT2D eigenvalue weighted by Gasteiger charge is -2.03. The Morgan fingerprint density at radius 3 is 3.05 bits per heavy atom. The largest absolute Gasteiger partial charge is 0.395 e. The number of benzene rings is 1. The second kappa shape index (κ2) is 7.12. The maximum atomic E-state index is 12.0. The van der Waals surface area contributed by atoms with E-state index in [2.05, 4.69) is 26.8 Å². The Labute approximate surface area is 116 Å². The van der Waals surface area contributed by atoms with Crippen LogP contribution in [0.15, 0.2) is 41.1 Å². The predicted octanol–water partition coefficient (Wildman–Crippen LogP) is 1.34. The summed E-state index contributed by atoms with van der Waals surface area (Å²) >= 11 is 0. The van der Waals surface area contributed by atoms with Gasteiger partial charge in [-0.2, -0.15) is 0 Å². The first-order valence-corrected chi connectivity index (χ1v) is 6.17. The molecule has 2 N–H and O–H groups in total. The van der Waals surface area contributed by atoms with Crippen molar-refractivity contribution < 1.29 is 14.4 Å².